The van der Waals surface area contributed by atoms with Crippen LogP contribution < -0.4 is 14.4 Å². The minimum absolute atomic E-state index is 0.525. The normalized spacial score (nSPS) is 14.4. The van der Waals surface area contributed by atoms with Crippen LogP contribution in [0.2, 0.25) is 5.02 Å². The van der Waals surface area contributed by atoms with Crippen LogP contribution in [0.1, 0.15) is 25.7 Å². The van der Waals surface area contributed by atoms with E-state index >= 15 is 0 Å². The van der Waals surface area contributed by atoms with Gasteiger partial charge in [-0.2, -0.15) is 4.98 Å². The predicted molar refractivity (Wildman–Crippen MR) is 125 cm³/mol. The molecule has 1 aromatic carbocycles. The number of imidazole rings is 1. The Labute approximate surface area is 188 Å². The molecule has 0 atom stereocenters. The summed E-state index contributed by atoms with van der Waals surface area (Å²) in [5, 5.41) is 0.525. The number of piperidine rings is 1. The number of rotatable bonds is 8. The lowest BCUT2D eigenvalue weighted by Crippen LogP contribution is -2.30. The van der Waals surface area contributed by atoms with Gasteiger partial charge in [0.2, 0.25) is 5.78 Å². The molecule has 1 aliphatic heterocycles. The molecule has 166 valence electrons. The van der Waals surface area contributed by atoms with Crippen molar-refractivity contribution in [2.75, 3.05) is 52.3 Å². The van der Waals surface area contributed by atoms with E-state index in [0.717, 1.165) is 43.1 Å². The number of halogens is 1. The summed E-state index contributed by atoms with van der Waals surface area (Å²) >= 11 is 6.44. The number of anilines is 1. The molecule has 8 heteroatoms. The Morgan fingerprint density at radius 3 is 2.65 bits per heavy atom. The third-order valence-electron chi connectivity index (χ3n) is 5.53. The second kappa shape index (κ2) is 9.75. The summed E-state index contributed by atoms with van der Waals surface area (Å²) in [6, 6.07) is 5.75. The van der Waals surface area contributed by atoms with Crippen molar-refractivity contribution in [2.24, 2.45) is 0 Å². The van der Waals surface area contributed by atoms with E-state index in [2.05, 4.69) is 30.0 Å². The van der Waals surface area contributed by atoms with Crippen LogP contribution in [-0.2, 0) is 0 Å². The highest BCUT2D eigenvalue weighted by Crippen LogP contribution is 2.38. The van der Waals surface area contributed by atoms with Gasteiger partial charge in [0.05, 0.1) is 24.4 Å². The van der Waals surface area contributed by atoms with Gasteiger partial charge in [-0.25, -0.2) is 4.98 Å². The molecule has 1 fully saturated rings. The van der Waals surface area contributed by atoms with Crippen LogP contribution in [0.15, 0.2) is 30.6 Å². The third kappa shape index (κ3) is 5.05. The van der Waals surface area contributed by atoms with Crippen LogP contribution in [0.5, 0.6) is 11.5 Å². The van der Waals surface area contributed by atoms with E-state index in [0.29, 0.717) is 28.9 Å². The first kappa shape index (κ1) is 21.7. The SMILES string of the molecule is COc1cc(OCCCN(C)C)c(-c2cn3ccc(N4CCCCC4)nc3n2)cc1Cl. The summed E-state index contributed by atoms with van der Waals surface area (Å²) in [6.07, 6.45) is 8.63. The van der Waals surface area contributed by atoms with Crippen LogP contribution in [0.4, 0.5) is 5.82 Å². The fraction of sp³-hybridized carbons (Fsp3) is 0.478. The second-order valence-corrected chi connectivity index (χ2v) is 8.56. The topological polar surface area (TPSA) is 55.1 Å². The third-order valence-corrected chi connectivity index (χ3v) is 5.82. The van der Waals surface area contributed by atoms with Crippen LogP contribution >= 0.6 is 11.6 Å². The largest absolute Gasteiger partial charge is 0.495 e. The zero-order valence-corrected chi connectivity index (χ0v) is 19.2. The highest BCUT2D eigenvalue weighted by molar-refractivity contribution is 6.32. The maximum atomic E-state index is 6.44. The van der Waals surface area contributed by atoms with E-state index in [4.69, 9.17) is 31.0 Å². The average molecular weight is 444 g/mol. The zero-order chi connectivity index (χ0) is 21.8. The quantitative estimate of drug-likeness (QED) is 0.481. The Morgan fingerprint density at radius 2 is 1.90 bits per heavy atom. The van der Waals surface area contributed by atoms with Crippen molar-refractivity contribution in [3.8, 4) is 22.8 Å². The maximum Gasteiger partial charge on any atom is 0.236 e. The molecule has 0 saturated carbocycles. The molecule has 31 heavy (non-hydrogen) atoms. The van der Waals surface area contributed by atoms with E-state index in [-0.39, 0.29) is 0 Å². The molecule has 2 aromatic heterocycles. The van der Waals surface area contributed by atoms with Crippen LogP contribution in [0, 0.1) is 0 Å². The van der Waals surface area contributed by atoms with Crippen molar-refractivity contribution < 1.29 is 9.47 Å². The number of methoxy groups -OCH3 is 1. The second-order valence-electron chi connectivity index (χ2n) is 8.16. The van der Waals surface area contributed by atoms with Crippen molar-refractivity contribution in [1.82, 2.24) is 19.3 Å². The molecule has 0 aliphatic carbocycles. The van der Waals surface area contributed by atoms with Gasteiger partial charge >= 0.3 is 0 Å². The molecule has 0 N–H and O–H groups in total. The number of aromatic nitrogens is 3. The lowest BCUT2D eigenvalue weighted by Gasteiger charge is -2.27. The van der Waals surface area contributed by atoms with Gasteiger partial charge in [-0.05, 0) is 51.9 Å². The van der Waals surface area contributed by atoms with Crippen molar-refractivity contribution in [3.05, 3.63) is 35.6 Å². The number of hydrogen-bond acceptors (Lipinski definition) is 6. The molecule has 0 radical (unpaired) electrons. The van der Waals surface area contributed by atoms with Crippen LogP contribution in [0.25, 0.3) is 17.0 Å². The van der Waals surface area contributed by atoms with E-state index in [1.54, 1.807) is 7.11 Å². The summed E-state index contributed by atoms with van der Waals surface area (Å²) in [7, 11) is 5.71. The minimum Gasteiger partial charge on any atom is -0.495 e. The predicted octanol–water partition coefficient (Wildman–Crippen LogP) is 4.38. The lowest BCUT2D eigenvalue weighted by atomic mass is 10.1. The molecule has 1 aliphatic rings. The maximum absolute atomic E-state index is 6.44. The number of benzene rings is 1. The molecule has 0 spiro atoms. The Balaban J connectivity index is 1.64. The lowest BCUT2D eigenvalue weighted by molar-refractivity contribution is 0.281. The molecular weight excluding hydrogens is 414 g/mol. The zero-order valence-electron chi connectivity index (χ0n) is 18.5. The fourth-order valence-electron chi connectivity index (χ4n) is 3.87. The molecule has 3 heterocycles. The standard InChI is InChI=1S/C23H30ClN5O2/c1-27(2)9-7-13-31-20-15-21(30-3)18(24)14-17(20)19-16-29-12-8-22(26-23(29)25-19)28-10-5-4-6-11-28/h8,12,14-16H,4-7,9-11,13H2,1-3H3. The van der Waals surface area contributed by atoms with Crippen LogP contribution in [-0.4, -0.2) is 66.7 Å². The molecular formula is C23H30ClN5O2. The van der Waals surface area contributed by atoms with Gasteiger partial charge in [-0.1, -0.05) is 11.6 Å². The van der Waals surface area contributed by atoms with Gasteiger partial charge in [-0.3, -0.25) is 4.40 Å². The summed E-state index contributed by atoms with van der Waals surface area (Å²) in [6.45, 7) is 3.66. The number of fused-ring (bicyclic) bond motifs is 1. The Kier molecular flexibility index (Phi) is 6.83. The van der Waals surface area contributed by atoms with Gasteiger partial charge in [0, 0.05) is 43.7 Å². The van der Waals surface area contributed by atoms with E-state index in [1.165, 1.54) is 19.3 Å². The molecule has 4 rings (SSSR count). The Bertz CT molecular complexity index is 1030. The molecule has 7 nitrogen and oxygen atoms in total. The monoisotopic (exact) mass is 443 g/mol. The van der Waals surface area contributed by atoms with E-state index < -0.39 is 0 Å². The molecule has 0 bridgehead atoms. The average Bonchev–Trinajstić information content (AvgIpc) is 3.21. The highest BCUT2D eigenvalue weighted by atomic mass is 35.5. The fourth-order valence-corrected chi connectivity index (χ4v) is 4.11. The van der Waals surface area contributed by atoms with E-state index in [9.17, 15) is 0 Å². The Hall–Kier alpha value is -2.51. The highest BCUT2D eigenvalue weighted by Gasteiger charge is 2.17. The molecule has 3 aromatic rings. The van der Waals surface area contributed by atoms with E-state index in [1.807, 2.05) is 28.9 Å². The van der Waals surface area contributed by atoms with Gasteiger partial charge in [-0.15, -0.1) is 0 Å². The molecule has 1 saturated heterocycles. The van der Waals surface area contributed by atoms with Crippen molar-refractivity contribution in [3.63, 3.8) is 0 Å². The molecule has 0 amide bonds. The van der Waals surface area contributed by atoms with Gasteiger partial charge in [0.15, 0.2) is 0 Å². The minimum atomic E-state index is 0.525. The first-order valence-corrected chi connectivity index (χ1v) is 11.2. The van der Waals surface area contributed by atoms with Gasteiger partial charge in [0.1, 0.15) is 17.3 Å². The van der Waals surface area contributed by atoms with Gasteiger partial charge < -0.3 is 19.3 Å². The first-order valence-electron chi connectivity index (χ1n) is 10.8. The summed E-state index contributed by atoms with van der Waals surface area (Å²) in [4.78, 5) is 14.1. The number of hydrogen-bond donors (Lipinski definition) is 0. The summed E-state index contributed by atoms with van der Waals surface area (Å²) < 4.78 is 13.5. The van der Waals surface area contributed by atoms with Crippen molar-refractivity contribution in [1.29, 1.82) is 0 Å². The summed E-state index contributed by atoms with van der Waals surface area (Å²) in [5.74, 6) is 2.95. The Morgan fingerprint density at radius 1 is 1.10 bits per heavy atom. The van der Waals surface area contributed by atoms with Gasteiger partial charge in [0.25, 0.3) is 0 Å². The number of nitrogens with zero attached hydrogens (tertiary/aromatic N) is 5. The number of ether oxygens (including phenoxy) is 2. The smallest absolute Gasteiger partial charge is 0.236 e. The molecule has 0 unspecified atom stereocenters. The van der Waals surface area contributed by atoms with Crippen molar-refractivity contribution in [2.45, 2.75) is 25.7 Å². The first-order chi connectivity index (χ1) is 15.0. The van der Waals surface area contributed by atoms with Crippen molar-refractivity contribution >= 4 is 23.2 Å². The summed E-state index contributed by atoms with van der Waals surface area (Å²) in [5.41, 5.74) is 1.61. The van der Waals surface area contributed by atoms with Crippen LogP contribution in [0.3, 0.4) is 0 Å².